The lowest BCUT2D eigenvalue weighted by Gasteiger charge is -2.12. The summed E-state index contributed by atoms with van der Waals surface area (Å²) in [5.41, 5.74) is 2.03. The van der Waals surface area contributed by atoms with E-state index < -0.39 is 5.97 Å². The summed E-state index contributed by atoms with van der Waals surface area (Å²) in [6, 6.07) is 26.3. The first-order valence-corrected chi connectivity index (χ1v) is 13.2. The van der Waals surface area contributed by atoms with Crippen molar-refractivity contribution in [1.82, 2.24) is 9.66 Å². The summed E-state index contributed by atoms with van der Waals surface area (Å²) in [6.07, 6.45) is 1.54. The minimum Gasteiger partial charge on any atom is -0.497 e. The van der Waals surface area contributed by atoms with Crippen LogP contribution in [-0.2, 0) is 0 Å². The monoisotopic (exact) mass is 597 g/mol. The summed E-state index contributed by atoms with van der Waals surface area (Å²) in [5, 5.41) is 4.97. The van der Waals surface area contributed by atoms with Crippen LogP contribution in [0.2, 0.25) is 0 Å². The van der Waals surface area contributed by atoms with E-state index in [0.717, 1.165) is 10.0 Å². The molecule has 0 radical (unpaired) electrons. The van der Waals surface area contributed by atoms with Gasteiger partial charge < -0.3 is 14.2 Å². The molecule has 4 aromatic carbocycles. The largest absolute Gasteiger partial charge is 0.497 e. The van der Waals surface area contributed by atoms with E-state index in [0.29, 0.717) is 46.0 Å². The third-order valence-corrected chi connectivity index (χ3v) is 6.50. The number of esters is 1. The molecule has 0 aliphatic carbocycles. The molecule has 5 aromatic rings. The third kappa shape index (κ3) is 5.79. The topological polar surface area (TPSA) is 92.0 Å². The molecule has 0 bridgehead atoms. The van der Waals surface area contributed by atoms with Crippen LogP contribution in [0.25, 0.3) is 22.3 Å². The van der Waals surface area contributed by atoms with E-state index in [1.807, 2.05) is 37.3 Å². The average molecular weight is 598 g/mol. The molecular formula is C31H24BrN3O5. The maximum atomic E-state index is 13.4. The highest BCUT2D eigenvalue weighted by atomic mass is 79.9. The number of ether oxygens (including phenoxy) is 3. The molecule has 0 unspecified atom stereocenters. The average Bonchev–Trinajstić information content (AvgIpc) is 2.98. The number of para-hydroxylation sites is 1. The maximum Gasteiger partial charge on any atom is 0.343 e. The molecule has 0 aliphatic heterocycles. The zero-order valence-corrected chi connectivity index (χ0v) is 23.3. The Bertz CT molecular complexity index is 1760. The molecule has 0 amide bonds. The molecule has 0 saturated heterocycles. The quantitative estimate of drug-likeness (QED) is 0.118. The summed E-state index contributed by atoms with van der Waals surface area (Å²) in [6.45, 7) is 2.19. The van der Waals surface area contributed by atoms with E-state index in [-0.39, 0.29) is 11.3 Å². The minimum absolute atomic E-state index is 0.264. The van der Waals surface area contributed by atoms with Crippen LogP contribution < -0.4 is 19.8 Å². The summed E-state index contributed by atoms with van der Waals surface area (Å²) < 4.78 is 18.7. The predicted molar refractivity (Wildman–Crippen MR) is 158 cm³/mol. The molecule has 1 heterocycles. The fraction of sp³-hybridized carbons (Fsp3) is 0.0968. The van der Waals surface area contributed by atoms with Crippen LogP contribution >= 0.6 is 15.9 Å². The number of carbonyl (C=O) groups excluding carboxylic acids is 1. The first-order chi connectivity index (χ1) is 19.5. The van der Waals surface area contributed by atoms with Crippen molar-refractivity contribution in [2.45, 2.75) is 6.92 Å². The molecule has 0 saturated carbocycles. The van der Waals surface area contributed by atoms with E-state index in [9.17, 15) is 9.59 Å². The van der Waals surface area contributed by atoms with Crippen LogP contribution in [0.4, 0.5) is 0 Å². The highest BCUT2D eigenvalue weighted by Gasteiger charge is 2.15. The maximum absolute atomic E-state index is 13.4. The number of fused-ring (bicyclic) bond motifs is 1. The van der Waals surface area contributed by atoms with E-state index in [2.05, 4.69) is 21.0 Å². The van der Waals surface area contributed by atoms with Crippen LogP contribution in [0.1, 0.15) is 22.8 Å². The van der Waals surface area contributed by atoms with Gasteiger partial charge in [-0.15, -0.1) is 0 Å². The third-order valence-electron chi connectivity index (χ3n) is 5.97. The number of benzene rings is 4. The second-order valence-corrected chi connectivity index (χ2v) is 9.49. The zero-order chi connectivity index (χ0) is 28.1. The number of methoxy groups -OCH3 is 1. The van der Waals surface area contributed by atoms with E-state index in [1.54, 1.807) is 67.8 Å². The van der Waals surface area contributed by atoms with Gasteiger partial charge in [0, 0.05) is 10.0 Å². The van der Waals surface area contributed by atoms with E-state index >= 15 is 0 Å². The van der Waals surface area contributed by atoms with Crippen LogP contribution in [0.15, 0.2) is 105 Å². The van der Waals surface area contributed by atoms with Gasteiger partial charge in [-0.3, -0.25) is 4.79 Å². The summed E-state index contributed by atoms with van der Waals surface area (Å²) in [7, 11) is 1.56. The number of carbonyl (C=O) groups is 1. The molecule has 0 spiro atoms. The van der Waals surface area contributed by atoms with Crippen molar-refractivity contribution in [3.8, 4) is 28.6 Å². The number of nitrogens with zero attached hydrogens (tertiary/aromatic N) is 3. The number of hydrogen-bond acceptors (Lipinski definition) is 7. The molecular weight excluding hydrogens is 574 g/mol. The smallest absolute Gasteiger partial charge is 0.343 e. The van der Waals surface area contributed by atoms with Gasteiger partial charge in [0.25, 0.3) is 5.56 Å². The van der Waals surface area contributed by atoms with Crippen molar-refractivity contribution < 1.29 is 19.0 Å². The number of aromatic nitrogens is 2. The molecule has 8 nitrogen and oxygen atoms in total. The molecule has 0 fully saturated rings. The van der Waals surface area contributed by atoms with Crippen molar-refractivity contribution in [3.63, 3.8) is 0 Å². The Morgan fingerprint density at radius 1 is 0.975 bits per heavy atom. The van der Waals surface area contributed by atoms with Gasteiger partial charge in [0.05, 0.1) is 36.4 Å². The summed E-state index contributed by atoms with van der Waals surface area (Å²) >= 11 is 3.44. The molecule has 0 N–H and O–H groups in total. The molecule has 1 aromatic heterocycles. The molecule has 0 atom stereocenters. The Morgan fingerprint density at radius 2 is 1.73 bits per heavy atom. The lowest BCUT2D eigenvalue weighted by atomic mass is 10.2. The van der Waals surface area contributed by atoms with Gasteiger partial charge in [-0.1, -0.05) is 40.2 Å². The van der Waals surface area contributed by atoms with Gasteiger partial charge >= 0.3 is 5.97 Å². The number of rotatable bonds is 8. The fourth-order valence-corrected chi connectivity index (χ4v) is 4.25. The lowest BCUT2D eigenvalue weighted by Crippen LogP contribution is -2.20. The second kappa shape index (κ2) is 12.0. The number of halogens is 1. The number of hydrogen-bond donors (Lipinski definition) is 0. The van der Waals surface area contributed by atoms with Crippen molar-refractivity contribution in [3.05, 3.63) is 117 Å². The Labute approximate surface area is 238 Å². The van der Waals surface area contributed by atoms with Gasteiger partial charge in [-0.05, 0) is 79.2 Å². The van der Waals surface area contributed by atoms with Crippen molar-refractivity contribution in [2.75, 3.05) is 13.7 Å². The van der Waals surface area contributed by atoms with Crippen LogP contribution in [0.5, 0.6) is 17.2 Å². The first-order valence-electron chi connectivity index (χ1n) is 12.4. The standard InChI is InChI=1S/C31H24BrN3O5/c1-3-39-28-18-20(8-17-27(28)40-31(37)22-11-15-24(38-2)16-12-22)19-33-35-29(21-9-13-23(32)14-10-21)34-26-7-5-4-6-25(26)30(35)36/h4-19H,3H2,1-2H3. The first kappa shape index (κ1) is 26.8. The van der Waals surface area contributed by atoms with Crippen LogP contribution in [-0.4, -0.2) is 35.6 Å². The second-order valence-electron chi connectivity index (χ2n) is 8.58. The fourth-order valence-electron chi connectivity index (χ4n) is 3.98. The molecule has 200 valence electrons. The zero-order valence-electron chi connectivity index (χ0n) is 21.7. The molecule has 40 heavy (non-hydrogen) atoms. The normalized spacial score (nSPS) is 11.1. The highest BCUT2D eigenvalue weighted by molar-refractivity contribution is 9.10. The summed E-state index contributed by atoms with van der Waals surface area (Å²) in [5.74, 6) is 1.14. The molecule has 5 rings (SSSR count). The van der Waals surface area contributed by atoms with Crippen molar-refractivity contribution >= 4 is 39.0 Å². The van der Waals surface area contributed by atoms with Gasteiger partial charge in [0.15, 0.2) is 17.3 Å². The Balaban J connectivity index is 1.49. The van der Waals surface area contributed by atoms with E-state index in [1.165, 1.54) is 10.9 Å². The summed E-state index contributed by atoms with van der Waals surface area (Å²) in [4.78, 5) is 30.9. The van der Waals surface area contributed by atoms with E-state index in [4.69, 9.17) is 19.2 Å². The molecule has 9 heteroatoms. The highest BCUT2D eigenvalue weighted by Crippen LogP contribution is 2.29. The van der Waals surface area contributed by atoms with Crippen molar-refractivity contribution in [1.29, 1.82) is 0 Å². The van der Waals surface area contributed by atoms with Gasteiger partial charge in [-0.2, -0.15) is 9.78 Å². The van der Waals surface area contributed by atoms with Gasteiger partial charge in [-0.25, -0.2) is 9.78 Å². The van der Waals surface area contributed by atoms with Crippen LogP contribution in [0.3, 0.4) is 0 Å². The van der Waals surface area contributed by atoms with Gasteiger partial charge in [0.2, 0.25) is 0 Å². The lowest BCUT2D eigenvalue weighted by molar-refractivity contribution is 0.0728. The minimum atomic E-state index is -0.530. The van der Waals surface area contributed by atoms with Crippen LogP contribution in [0, 0.1) is 0 Å². The SMILES string of the molecule is CCOc1cc(C=Nn2c(-c3ccc(Br)cc3)nc3ccccc3c2=O)ccc1OC(=O)c1ccc(OC)cc1. The Kier molecular flexibility index (Phi) is 8.02. The predicted octanol–water partition coefficient (Wildman–Crippen LogP) is 6.33. The Morgan fingerprint density at radius 3 is 2.45 bits per heavy atom. The van der Waals surface area contributed by atoms with Crippen molar-refractivity contribution in [2.24, 2.45) is 5.10 Å². The molecule has 0 aliphatic rings. The van der Waals surface area contributed by atoms with Gasteiger partial charge in [0.1, 0.15) is 5.75 Å². The Hall–Kier alpha value is -4.76.